The van der Waals surface area contributed by atoms with Gasteiger partial charge in [-0.25, -0.2) is 9.18 Å². The molecule has 1 saturated heterocycles. The Morgan fingerprint density at radius 1 is 1.00 bits per heavy atom. The van der Waals surface area contributed by atoms with Crippen LogP contribution >= 0.6 is 15.9 Å². The normalized spacial score (nSPS) is 13.7. The van der Waals surface area contributed by atoms with E-state index in [1.165, 1.54) is 38.5 Å². The van der Waals surface area contributed by atoms with Crippen LogP contribution in [0.15, 0.2) is 40.9 Å². The lowest BCUT2D eigenvalue weighted by molar-refractivity contribution is -0.134. The number of methoxy groups -OCH3 is 2. The van der Waals surface area contributed by atoms with Gasteiger partial charge in [0.2, 0.25) is 0 Å². The second kappa shape index (κ2) is 9.80. The number of halogens is 2. The number of nitrogens with zero attached hydrogens (tertiary/aromatic N) is 2. The summed E-state index contributed by atoms with van der Waals surface area (Å²) >= 11 is 3.34. The second-order valence-electron chi connectivity index (χ2n) is 6.62. The van der Waals surface area contributed by atoms with Crippen molar-refractivity contribution in [2.24, 2.45) is 0 Å². The van der Waals surface area contributed by atoms with Crippen LogP contribution in [-0.4, -0.2) is 63.8 Å². The van der Waals surface area contributed by atoms with E-state index in [4.69, 9.17) is 14.2 Å². The zero-order valence-corrected chi connectivity index (χ0v) is 18.3. The number of carbonyl (C=O) groups excluding carboxylic acids is 2. The van der Waals surface area contributed by atoms with Gasteiger partial charge >= 0.3 is 5.97 Å². The Bertz CT molecular complexity index is 889. The molecule has 0 saturated carbocycles. The van der Waals surface area contributed by atoms with Crippen LogP contribution in [0.25, 0.3) is 0 Å². The summed E-state index contributed by atoms with van der Waals surface area (Å²) in [6.45, 7) is 1.87. The maximum Gasteiger partial charge on any atom is 0.338 e. The molecule has 1 aliphatic rings. The van der Waals surface area contributed by atoms with E-state index in [0.29, 0.717) is 42.2 Å². The molecular weight excluding hydrogens is 459 g/mol. The Morgan fingerprint density at radius 3 is 2.10 bits per heavy atom. The summed E-state index contributed by atoms with van der Waals surface area (Å²) in [5, 5.41) is 0. The number of amides is 1. The molecule has 0 radical (unpaired) electrons. The molecule has 1 aliphatic heterocycles. The third-order valence-electron chi connectivity index (χ3n) is 4.83. The van der Waals surface area contributed by atoms with E-state index in [1.807, 2.05) is 0 Å². The number of anilines is 1. The van der Waals surface area contributed by atoms with Crippen molar-refractivity contribution in [2.45, 2.75) is 0 Å². The van der Waals surface area contributed by atoms with Crippen LogP contribution in [0.2, 0.25) is 0 Å². The Balaban J connectivity index is 1.53. The van der Waals surface area contributed by atoms with Gasteiger partial charge in [-0.2, -0.15) is 0 Å². The van der Waals surface area contributed by atoms with E-state index in [1.54, 1.807) is 17.0 Å². The molecule has 1 fully saturated rings. The molecule has 0 aliphatic carbocycles. The van der Waals surface area contributed by atoms with Gasteiger partial charge in [0, 0.05) is 31.9 Å². The van der Waals surface area contributed by atoms with Crippen molar-refractivity contribution in [1.82, 2.24) is 4.90 Å². The summed E-state index contributed by atoms with van der Waals surface area (Å²) in [6, 6.07) is 9.29. The molecule has 7 nitrogen and oxygen atoms in total. The number of hydrogen-bond donors (Lipinski definition) is 0. The maximum atomic E-state index is 13.1. The first-order valence-corrected chi connectivity index (χ1v) is 10.1. The van der Waals surface area contributed by atoms with Crippen molar-refractivity contribution < 1.29 is 28.2 Å². The van der Waals surface area contributed by atoms with Gasteiger partial charge in [0.05, 0.1) is 19.8 Å². The summed E-state index contributed by atoms with van der Waals surface area (Å²) in [7, 11) is 2.95. The minimum Gasteiger partial charge on any atom is -0.495 e. The fourth-order valence-corrected chi connectivity index (χ4v) is 3.71. The molecule has 1 amide bonds. The first kappa shape index (κ1) is 21.9. The van der Waals surface area contributed by atoms with E-state index in [2.05, 4.69) is 20.8 Å². The van der Waals surface area contributed by atoms with Crippen LogP contribution in [0.1, 0.15) is 10.4 Å². The Kier molecular flexibility index (Phi) is 7.15. The Labute approximate surface area is 182 Å². The number of benzene rings is 2. The topological polar surface area (TPSA) is 68.3 Å². The summed E-state index contributed by atoms with van der Waals surface area (Å²) in [4.78, 5) is 28.6. The molecule has 0 spiro atoms. The first-order chi connectivity index (χ1) is 14.4. The molecule has 9 heteroatoms. The number of ether oxygens (including phenoxy) is 3. The molecule has 0 N–H and O–H groups in total. The predicted molar refractivity (Wildman–Crippen MR) is 113 cm³/mol. The zero-order chi connectivity index (χ0) is 21.7. The molecule has 160 valence electrons. The Morgan fingerprint density at radius 2 is 1.57 bits per heavy atom. The molecule has 1 heterocycles. The third kappa shape index (κ3) is 5.02. The van der Waals surface area contributed by atoms with Crippen LogP contribution < -0.4 is 14.4 Å². The minimum atomic E-state index is -0.641. The van der Waals surface area contributed by atoms with Crippen molar-refractivity contribution >= 4 is 33.5 Å². The molecule has 2 aromatic rings. The van der Waals surface area contributed by atoms with E-state index in [-0.39, 0.29) is 23.9 Å². The van der Waals surface area contributed by atoms with Crippen LogP contribution in [0, 0.1) is 5.82 Å². The summed E-state index contributed by atoms with van der Waals surface area (Å²) in [5.74, 6) is -0.347. The van der Waals surface area contributed by atoms with Crippen molar-refractivity contribution in [1.29, 1.82) is 0 Å². The van der Waals surface area contributed by atoms with Gasteiger partial charge in [0.25, 0.3) is 5.91 Å². The molecule has 0 bridgehead atoms. The largest absolute Gasteiger partial charge is 0.495 e. The molecule has 0 aromatic heterocycles. The van der Waals surface area contributed by atoms with Crippen LogP contribution in [-0.2, 0) is 9.53 Å². The lowest BCUT2D eigenvalue weighted by Crippen LogP contribution is -2.49. The van der Waals surface area contributed by atoms with Gasteiger partial charge in [0.15, 0.2) is 6.61 Å². The number of rotatable bonds is 6. The van der Waals surface area contributed by atoms with Crippen molar-refractivity contribution in [2.75, 3.05) is 51.9 Å². The number of piperazine rings is 1. The van der Waals surface area contributed by atoms with Gasteiger partial charge < -0.3 is 24.0 Å². The molecule has 3 rings (SSSR count). The van der Waals surface area contributed by atoms with Gasteiger partial charge in [0.1, 0.15) is 21.8 Å². The monoisotopic (exact) mass is 480 g/mol. The molecule has 0 atom stereocenters. The highest BCUT2D eigenvalue weighted by atomic mass is 79.9. The fourth-order valence-electron chi connectivity index (χ4n) is 3.16. The number of carbonyl (C=O) groups is 2. The molecule has 30 heavy (non-hydrogen) atoms. The highest BCUT2D eigenvalue weighted by Gasteiger charge is 2.23. The third-order valence-corrected chi connectivity index (χ3v) is 5.61. The first-order valence-electron chi connectivity index (χ1n) is 9.30. The number of esters is 1. The SMILES string of the molecule is COc1cc(C(=O)OCC(=O)N2CCN(c3ccc(F)cc3)CC2)cc(OC)c1Br. The average Bonchev–Trinajstić information content (AvgIpc) is 2.78. The standard InChI is InChI=1S/C21H22BrFN2O5/c1-28-17-11-14(12-18(29-2)20(17)22)21(27)30-13-19(26)25-9-7-24(8-10-25)16-5-3-15(23)4-6-16/h3-6,11-12H,7-10,13H2,1-2H3. The van der Waals surface area contributed by atoms with Gasteiger partial charge in [-0.05, 0) is 52.3 Å². The average molecular weight is 481 g/mol. The predicted octanol–water partition coefficient (Wildman–Crippen LogP) is 3.11. The fraction of sp³-hybridized carbons (Fsp3) is 0.333. The lowest BCUT2D eigenvalue weighted by Gasteiger charge is -2.36. The van der Waals surface area contributed by atoms with E-state index >= 15 is 0 Å². The number of hydrogen-bond acceptors (Lipinski definition) is 6. The van der Waals surface area contributed by atoms with Crippen LogP contribution in [0.3, 0.4) is 0 Å². The van der Waals surface area contributed by atoms with Gasteiger partial charge in [-0.15, -0.1) is 0 Å². The minimum absolute atomic E-state index is 0.223. The smallest absolute Gasteiger partial charge is 0.338 e. The van der Waals surface area contributed by atoms with E-state index < -0.39 is 5.97 Å². The molecule has 0 unspecified atom stereocenters. The lowest BCUT2D eigenvalue weighted by atomic mass is 10.2. The summed E-state index contributed by atoms with van der Waals surface area (Å²) in [6.07, 6.45) is 0. The van der Waals surface area contributed by atoms with Gasteiger partial charge in [-0.3, -0.25) is 4.79 Å². The van der Waals surface area contributed by atoms with Crippen molar-refractivity contribution in [3.8, 4) is 11.5 Å². The second-order valence-corrected chi connectivity index (χ2v) is 7.41. The molecular formula is C21H22BrFN2O5. The van der Waals surface area contributed by atoms with E-state index in [9.17, 15) is 14.0 Å². The quantitative estimate of drug-likeness (QED) is 0.591. The van der Waals surface area contributed by atoms with Crippen LogP contribution in [0.4, 0.5) is 10.1 Å². The zero-order valence-electron chi connectivity index (χ0n) is 16.7. The maximum absolute atomic E-state index is 13.1. The molecule has 2 aromatic carbocycles. The van der Waals surface area contributed by atoms with Gasteiger partial charge in [-0.1, -0.05) is 0 Å². The highest BCUT2D eigenvalue weighted by molar-refractivity contribution is 9.10. The highest BCUT2D eigenvalue weighted by Crippen LogP contribution is 2.35. The summed E-state index contributed by atoms with van der Waals surface area (Å²) < 4.78 is 29.3. The Hall–Kier alpha value is -2.81. The van der Waals surface area contributed by atoms with Crippen LogP contribution in [0.5, 0.6) is 11.5 Å². The van der Waals surface area contributed by atoms with Crippen molar-refractivity contribution in [3.63, 3.8) is 0 Å². The van der Waals surface area contributed by atoms with Crippen molar-refractivity contribution in [3.05, 3.63) is 52.3 Å². The summed E-state index contributed by atoms with van der Waals surface area (Å²) in [5.41, 5.74) is 1.13. The van der Waals surface area contributed by atoms with E-state index in [0.717, 1.165) is 5.69 Å².